The van der Waals surface area contributed by atoms with Crippen LogP contribution in [0.1, 0.15) is 0 Å². The predicted molar refractivity (Wildman–Crippen MR) is 72.7 cm³/mol. The zero-order valence-electron chi connectivity index (χ0n) is 10.9. The number of hydrogen-bond acceptors (Lipinski definition) is 3. The molecule has 1 heterocycles. The molecule has 0 amide bonds. The Hall–Kier alpha value is -2.90. The number of phenolic OH excluding ortho intramolecular Hbond substituents is 1. The normalized spacial score (nSPS) is 11.8. The van der Waals surface area contributed by atoms with Gasteiger partial charge in [0.1, 0.15) is 11.5 Å². The van der Waals surface area contributed by atoms with E-state index >= 15 is 0 Å². The molecule has 1 aromatic heterocycles. The smallest absolute Gasteiger partial charge is 0.507 e. The molecule has 114 valence electrons. The molecule has 0 aliphatic rings. The fraction of sp³-hybridized carbons (Fsp3) is 0.0714. The average molecular weight is 310 g/mol. The summed E-state index contributed by atoms with van der Waals surface area (Å²) in [6.45, 7) is 0. The van der Waals surface area contributed by atoms with Gasteiger partial charge in [0.05, 0.1) is 11.0 Å². The maximum Gasteiger partial charge on any atom is 0.573 e. The van der Waals surface area contributed by atoms with E-state index in [2.05, 4.69) is 14.7 Å². The number of benzene rings is 2. The fourth-order valence-electron chi connectivity index (χ4n) is 2.21. The Balaban J connectivity index is 2.17. The molecule has 8 heteroatoms. The fourth-order valence-corrected chi connectivity index (χ4v) is 2.21. The molecule has 2 aromatic carbocycles. The van der Waals surface area contributed by atoms with Crippen LogP contribution in [0.3, 0.4) is 0 Å². The molecule has 3 N–H and O–H groups in total. The van der Waals surface area contributed by atoms with Gasteiger partial charge in [0.25, 0.3) is 0 Å². The quantitative estimate of drug-likeness (QED) is 0.680. The number of fused-ring (bicyclic) bond motifs is 1. The first-order chi connectivity index (χ1) is 10.3. The number of alkyl halides is 3. The second kappa shape index (κ2) is 4.83. The van der Waals surface area contributed by atoms with Crippen LogP contribution in [0.15, 0.2) is 41.2 Å². The average Bonchev–Trinajstić information content (AvgIpc) is 2.79. The Morgan fingerprint density at radius 2 is 1.82 bits per heavy atom. The molecular weight excluding hydrogens is 301 g/mol. The van der Waals surface area contributed by atoms with Crippen LogP contribution in [0.4, 0.5) is 13.2 Å². The molecule has 5 nitrogen and oxygen atoms in total. The van der Waals surface area contributed by atoms with Crippen molar-refractivity contribution in [1.82, 2.24) is 9.97 Å². The lowest BCUT2D eigenvalue weighted by atomic mass is 10.0. The zero-order valence-corrected chi connectivity index (χ0v) is 10.9. The minimum absolute atomic E-state index is 0.114. The summed E-state index contributed by atoms with van der Waals surface area (Å²) in [6, 6.07) is 7.97. The SMILES string of the molecule is O=c1[nH]c2cccc(-c3cc(OC(F)(F)F)ccc3O)c2[nH]1. The minimum Gasteiger partial charge on any atom is -0.507 e. The van der Waals surface area contributed by atoms with Gasteiger partial charge in [-0.1, -0.05) is 12.1 Å². The first kappa shape index (κ1) is 14.1. The van der Waals surface area contributed by atoms with Crippen molar-refractivity contribution in [2.24, 2.45) is 0 Å². The maximum atomic E-state index is 12.3. The van der Waals surface area contributed by atoms with Gasteiger partial charge in [0, 0.05) is 11.1 Å². The van der Waals surface area contributed by atoms with E-state index in [0.717, 1.165) is 18.2 Å². The van der Waals surface area contributed by atoms with Gasteiger partial charge in [-0.3, -0.25) is 0 Å². The van der Waals surface area contributed by atoms with Crippen molar-refractivity contribution < 1.29 is 23.0 Å². The van der Waals surface area contributed by atoms with E-state index in [0.29, 0.717) is 16.6 Å². The van der Waals surface area contributed by atoms with Crippen LogP contribution < -0.4 is 10.4 Å². The first-order valence-electron chi connectivity index (χ1n) is 6.13. The van der Waals surface area contributed by atoms with Gasteiger partial charge in [0.2, 0.25) is 0 Å². The highest BCUT2D eigenvalue weighted by molar-refractivity contribution is 5.93. The number of imidazole rings is 1. The van der Waals surface area contributed by atoms with E-state index < -0.39 is 17.8 Å². The van der Waals surface area contributed by atoms with E-state index in [1.165, 1.54) is 0 Å². The van der Waals surface area contributed by atoms with E-state index in [1.807, 2.05) is 0 Å². The molecule has 0 saturated carbocycles. The Morgan fingerprint density at radius 3 is 2.55 bits per heavy atom. The van der Waals surface area contributed by atoms with Crippen LogP contribution in [0.5, 0.6) is 11.5 Å². The van der Waals surface area contributed by atoms with Crippen molar-refractivity contribution in [2.75, 3.05) is 0 Å². The number of aromatic hydroxyl groups is 1. The molecule has 0 radical (unpaired) electrons. The second-order valence-electron chi connectivity index (χ2n) is 4.53. The van der Waals surface area contributed by atoms with Crippen molar-refractivity contribution in [3.8, 4) is 22.6 Å². The standard InChI is InChI=1S/C14H9F3N2O3/c15-14(16,17)22-7-4-5-11(20)9(6-7)8-2-1-3-10-12(8)19-13(21)18-10/h1-6,20H,(H2,18,19,21). The van der Waals surface area contributed by atoms with Crippen molar-refractivity contribution in [3.05, 3.63) is 46.9 Å². The molecule has 0 bridgehead atoms. The molecule has 3 aromatic rings. The lowest BCUT2D eigenvalue weighted by molar-refractivity contribution is -0.274. The van der Waals surface area contributed by atoms with E-state index in [1.54, 1.807) is 18.2 Å². The number of rotatable bonds is 2. The summed E-state index contributed by atoms with van der Waals surface area (Å²) < 4.78 is 40.7. The van der Waals surface area contributed by atoms with Crippen molar-refractivity contribution in [3.63, 3.8) is 0 Å². The first-order valence-corrected chi connectivity index (χ1v) is 6.13. The number of phenols is 1. The van der Waals surface area contributed by atoms with Crippen LogP contribution in [0.2, 0.25) is 0 Å². The number of nitrogens with one attached hydrogen (secondary N) is 2. The van der Waals surface area contributed by atoms with Gasteiger partial charge in [-0.25, -0.2) is 4.79 Å². The molecule has 22 heavy (non-hydrogen) atoms. The number of para-hydroxylation sites is 1. The topological polar surface area (TPSA) is 78.1 Å². The Bertz CT molecular complexity index is 896. The molecule has 0 spiro atoms. The second-order valence-corrected chi connectivity index (χ2v) is 4.53. The van der Waals surface area contributed by atoms with Gasteiger partial charge in [-0.2, -0.15) is 0 Å². The summed E-state index contributed by atoms with van der Waals surface area (Å²) in [6.07, 6.45) is -4.83. The molecule has 0 saturated heterocycles. The summed E-state index contributed by atoms with van der Waals surface area (Å²) in [4.78, 5) is 16.4. The Morgan fingerprint density at radius 1 is 1.05 bits per heavy atom. The number of halogens is 3. The Labute approximate surface area is 121 Å². The van der Waals surface area contributed by atoms with Gasteiger partial charge >= 0.3 is 12.1 Å². The maximum absolute atomic E-state index is 12.3. The van der Waals surface area contributed by atoms with E-state index in [4.69, 9.17) is 0 Å². The van der Waals surface area contributed by atoms with Crippen molar-refractivity contribution >= 4 is 11.0 Å². The highest BCUT2D eigenvalue weighted by atomic mass is 19.4. The largest absolute Gasteiger partial charge is 0.573 e. The third-order valence-corrected chi connectivity index (χ3v) is 3.04. The van der Waals surface area contributed by atoms with Crippen molar-refractivity contribution in [2.45, 2.75) is 6.36 Å². The molecule has 0 unspecified atom stereocenters. The van der Waals surface area contributed by atoms with Crippen LogP contribution in [-0.4, -0.2) is 21.4 Å². The molecule has 0 aliphatic carbocycles. The summed E-state index contributed by atoms with van der Waals surface area (Å²) in [5, 5.41) is 9.91. The minimum atomic E-state index is -4.83. The van der Waals surface area contributed by atoms with Crippen LogP contribution in [0.25, 0.3) is 22.2 Å². The Kier molecular flexibility index (Phi) is 3.09. The lowest BCUT2D eigenvalue weighted by Gasteiger charge is -2.12. The highest BCUT2D eigenvalue weighted by Crippen LogP contribution is 2.36. The number of H-pyrrole nitrogens is 2. The third-order valence-electron chi connectivity index (χ3n) is 3.04. The number of aromatic amines is 2. The highest BCUT2D eigenvalue weighted by Gasteiger charge is 2.31. The number of hydrogen-bond donors (Lipinski definition) is 3. The summed E-state index contributed by atoms with van der Waals surface area (Å²) in [5.41, 5.74) is 0.893. The van der Waals surface area contributed by atoms with E-state index in [-0.39, 0.29) is 11.3 Å². The van der Waals surface area contributed by atoms with E-state index in [9.17, 15) is 23.1 Å². The monoisotopic (exact) mass is 310 g/mol. The van der Waals surface area contributed by atoms with Gasteiger partial charge in [-0.15, -0.1) is 13.2 Å². The zero-order chi connectivity index (χ0) is 15.9. The third kappa shape index (κ3) is 2.62. The van der Waals surface area contributed by atoms with Crippen LogP contribution in [0, 0.1) is 0 Å². The van der Waals surface area contributed by atoms with Crippen LogP contribution >= 0.6 is 0 Å². The van der Waals surface area contributed by atoms with Gasteiger partial charge in [0.15, 0.2) is 0 Å². The number of ether oxygens (including phenoxy) is 1. The molecule has 0 atom stereocenters. The van der Waals surface area contributed by atoms with Gasteiger partial charge < -0.3 is 19.8 Å². The molecule has 0 fully saturated rings. The lowest BCUT2D eigenvalue weighted by Crippen LogP contribution is -2.17. The van der Waals surface area contributed by atoms with Gasteiger partial charge in [-0.05, 0) is 24.3 Å². The molecule has 0 aliphatic heterocycles. The van der Waals surface area contributed by atoms with Crippen LogP contribution in [-0.2, 0) is 0 Å². The molecular formula is C14H9F3N2O3. The summed E-state index contributed by atoms with van der Waals surface area (Å²) >= 11 is 0. The molecule has 3 rings (SSSR count). The van der Waals surface area contributed by atoms with Crippen molar-refractivity contribution in [1.29, 1.82) is 0 Å². The summed E-state index contributed by atoms with van der Waals surface area (Å²) in [7, 11) is 0. The number of aromatic nitrogens is 2. The predicted octanol–water partition coefficient (Wildman–Crippen LogP) is 3.13. The summed E-state index contributed by atoms with van der Waals surface area (Å²) in [5.74, 6) is -0.695.